The second kappa shape index (κ2) is 5.38. The topological polar surface area (TPSA) is 63.4 Å². The number of benzene rings is 1. The van der Waals surface area contributed by atoms with Crippen molar-refractivity contribution in [3.63, 3.8) is 0 Å². The molecule has 2 aliphatic rings. The fourth-order valence-electron chi connectivity index (χ4n) is 4.12. The molecule has 3 rings (SSSR count). The number of sulfone groups is 1. The third-order valence-corrected chi connectivity index (χ3v) is 7.01. The number of nitrogens with zero attached hydrogens (tertiary/aromatic N) is 1. The molecule has 21 heavy (non-hydrogen) atoms. The highest BCUT2D eigenvalue weighted by molar-refractivity contribution is 7.91. The molecule has 1 aromatic rings. The Morgan fingerprint density at radius 1 is 1.38 bits per heavy atom. The molecule has 0 aliphatic carbocycles. The zero-order valence-electron chi connectivity index (χ0n) is 12.6. The van der Waals surface area contributed by atoms with Gasteiger partial charge in [-0.3, -0.25) is 4.90 Å². The fraction of sp³-hybridized carbons (Fsp3) is 0.625. The van der Waals surface area contributed by atoms with Crippen LogP contribution in [0.25, 0.3) is 0 Å². The van der Waals surface area contributed by atoms with Gasteiger partial charge in [-0.25, -0.2) is 8.42 Å². The van der Waals surface area contributed by atoms with Crippen LogP contribution in [0.5, 0.6) is 0 Å². The molecule has 1 saturated heterocycles. The molecule has 2 atom stereocenters. The van der Waals surface area contributed by atoms with Gasteiger partial charge in [0.15, 0.2) is 9.84 Å². The lowest BCUT2D eigenvalue weighted by Crippen LogP contribution is -2.56. The van der Waals surface area contributed by atoms with Crippen molar-refractivity contribution < 1.29 is 8.42 Å². The molecule has 0 aromatic heterocycles. The first-order valence-corrected chi connectivity index (χ1v) is 9.49. The first-order chi connectivity index (χ1) is 10.0. The number of hydrogen-bond acceptors (Lipinski definition) is 4. The van der Waals surface area contributed by atoms with Gasteiger partial charge in [-0.1, -0.05) is 25.1 Å². The molecule has 1 fully saturated rings. The smallest absolute Gasteiger partial charge is 0.178 e. The Morgan fingerprint density at radius 2 is 2.14 bits per heavy atom. The van der Waals surface area contributed by atoms with Crippen LogP contribution in [0.15, 0.2) is 29.2 Å². The maximum atomic E-state index is 12.4. The maximum Gasteiger partial charge on any atom is 0.178 e. The van der Waals surface area contributed by atoms with E-state index >= 15 is 0 Å². The number of likely N-dealkylation sites (tertiary alicyclic amines) is 1. The van der Waals surface area contributed by atoms with Crippen LogP contribution in [0.3, 0.4) is 0 Å². The van der Waals surface area contributed by atoms with Crippen LogP contribution in [-0.2, 0) is 15.4 Å². The minimum absolute atomic E-state index is 0.203. The van der Waals surface area contributed by atoms with Crippen molar-refractivity contribution in [1.29, 1.82) is 0 Å². The third-order valence-electron chi connectivity index (χ3n) is 5.24. The highest BCUT2D eigenvalue weighted by Gasteiger charge is 2.48. The van der Waals surface area contributed by atoms with E-state index in [1.54, 1.807) is 6.07 Å². The molecule has 116 valence electrons. The molecule has 0 saturated carbocycles. The lowest BCUT2D eigenvalue weighted by atomic mass is 9.84. The van der Waals surface area contributed by atoms with Gasteiger partial charge >= 0.3 is 0 Å². The summed E-state index contributed by atoms with van der Waals surface area (Å²) in [5.74, 6) is 0.203. The van der Waals surface area contributed by atoms with Crippen molar-refractivity contribution >= 4 is 9.84 Å². The summed E-state index contributed by atoms with van der Waals surface area (Å²) in [6.07, 6.45) is 4.07. The lowest BCUT2D eigenvalue weighted by molar-refractivity contribution is 0.0677. The van der Waals surface area contributed by atoms with Crippen molar-refractivity contribution in [3.05, 3.63) is 29.8 Å². The first kappa shape index (κ1) is 15.0. The highest BCUT2D eigenvalue weighted by Crippen LogP contribution is 2.44. The first-order valence-electron chi connectivity index (χ1n) is 7.84. The largest absolute Gasteiger partial charge is 0.328 e. The molecule has 0 radical (unpaired) electrons. The van der Waals surface area contributed by atoms with E-state index in [1.807, 2.05) is 18.2 Å². The van der Waals surface area contributed by atoms with Crippen LogP contribution >= 0.6 is 0 Å². The van der Waals surface area contributed by atoms with E-state index in [9.17, 15) is 8.42 Å². The molecule has 2 N–H and O–H groups in total. The summed E-state index contributed by atoms with van der Waals surface area (Å²) < 4.78 is 24.8. The summed E-state index contributed by atoms with van der Waals surface area (Å²) in [5, 5.41) is 0. The molecule has 2 unspecified atom stereocenters. The lowest BCUT2D eigenvalue weighted by Gasteiger charge is -2.47. The van der Waals surface area contributed by atoms with E-state index in [4.69, 9.17) is 5.73 Å². The molecule has 2 heterocycles. The summed E-state index contributed by atoms with van der Waals surface area (Å²) in [6, 6.07) is 7.96. The van der Waals surface area contributed by atoms with E-state index in [0.29, 0.717) is 23.9 Å². The Morgan fingerprint density at radius 3 is 2.86 bits per heavy atom. The van der Waals surface area contributed by atoms with Crippen molar-refractivity contribution in [2.24, 2.45) is 5.73 Å². The molecular weight excluding hydrogens is 284 g/mol. The average molecular weight is 308 g/mol. The second-order valence-electron chi connectivity index (χ2n) is 6.20. The molecule has 0 bridgehead atoms. The molecular formula is C16H24N2O2S. The van der Waals surface area contributed by atoms with E-state index < -0.39 is 9.84 Å². The summed E-state index contributed by atoms with van der Waals surface area (Å²) in [7, 11) is -3.16. The Bertz CT molecular complexity index is 629. The van der Waals surface area contributed by atoms with Crippen LogP contribution in [-0.4, -0.2) is 38.2 Å². The monoisotopic (exact) mass is 308 g/mol. The molecule has 5 heteroatoms. The SMILES string of the molecule is CCC1CCCN1C1(CN)CCS(=O)(=O)c2ccccc21. The zero-order valence-corrected chi connectivity index (χ0v) is 13.4. The van der Waals surface area contributed by atoms with E-state index in [0.717, 1.165) is 18.5 Å². The molecule has 4 nitrogen and oxygen atoms in total. The Balaban J connectivity index is 2.15. The second-order valence-corrected chi connectivity index (χ2v) is 8.28. The number of hydrogen-bond donors (Lipinski definition) is 1. The molecule has 0 spiro atoms. The van der Waals surface area contributed by atoms with Gasteiger partial charge in [-0.15, -0.1) is 0 Å². The fourth-order valence-corrected chi connectivity index (χ4v) is 5.83. The molecule has 2 aliphatic heterocycles. The van der Waals surface area contributed by atoms with Crippen molar-refractivity contribution in [3.8, 4) is 0 Å². The predicted octanol–water partition coefficient (Wildman–Crippen LogP) is 1.89. The minimum atomic E-state index is -3.16. The van der Waals surface area contributed by atoms with E-state index in [2.05, 4.69) is 11.8 Å². The van der Waals surface area contributed by atoms with E-state index in [1.165, 1.54) is 12.8 Å². The minimum Gasteiger partial charge on any atom is -0.328 e. The number of rotatable bonds is 3. The maximum absolute atomic E-state index is 12.4. The van der Waals surface area contributed by atoms with Gasteiger partial charge in [0.1, 0.15) is 0 Å². The highest BCUT2D eigenvalue weighted by atomic mass is 32.2. The van der Waals surface area contributed by atoms with Crippen molar-refractivity contribution in [1.82, 2.24) is 4.90 Å². The Hall–Kier alpha value is -0.910. The van der Waals surface area contributed by atoms with Crippen LogP contribution in [0, 0.1) is 0 Å². The van der Waals surface area contributed by atoms with Crippen LogP contribution in [0.4, 0.5) is 0 Å². The molecule has 1 aromatic carbocycles. The Labute approximate surface area is 127 Å². The van der Waals surface area contributed by atoms with Gasteiger partial charge < -0.3 is 5.73 Å². The third kappa shape index (κ3) is 2.22. The number of fused-ring (bicyclic) bond motifs is 1. The number of nitrogens with two attached hydrogens (primary N) is 1. The van der Waals surface area contributed by atoms with Crippen LogP contribution in [0.1, 0.15) is 38.2 Å². The summed E-state index contributed by atoms with van der Waals surface area (Å²) in [5.41, 5.74) is 6.81. The Kier molecular flexibility index (Phi) is 3.84. The van der Waals surface area contributed by atoms with Crippen LogP contribution in [0.2, 0.25) is 0 Å². The van der Waals surface area contributed by atoms with Crippen molar-refractivity contribution in [2.45, 2.75) is 49.1 Å². The van der Waals surface area contributed by atoms with Gasteiger partial charge in [-0.2, -0.15) is 0 Å². The van der Waals surface area contributed by atoms with Gasteiger partial charge in [0, 0.05) is 12.6 Å². The van der Waals surface area contributed by atoms with Gasteiger partial charge in [0.25, 0.3) is 0 Å². The summed E-state index contributed by atoms with van der Waals surface area (Å²) in [4.78, 5) is 2.98. The molecule has 0 amide bonds. The zero-order chi connectivity index (χ0) is 15.1. The van der Waals surface area contributed by atoms with Gasteiger partial charge in [0.05, 0.1) is 16.2 Å². The summed E-state index contributed by atoms with van der Waals surface area (Å²) in [6.45, 7) is 3.71. The quantitative estimate of drug-likeness (QED) is 0.926. The summed E-state index contributed by atoms with van der Waals surface area (Å²) >= 11 is 0. The van der Waals surface area contributed by atoms with E-state index in [-0.39, 0.29) is 11.3 Å². The van der Waals surface area contributed by atoms with Gasteiger partial charge in [-0.05, 0) is 43.9 Å². The standard InChI is InChI=1S/C16H24N2O2S/c1-2-13-6-5-10-18(13)16(12-17)9-11-21(19,20)15-8-4-3-7-14(15)16/h3-4,7-8,13H,2,5-6,9-12,17H2,1H3. The van der Waals surface area contributed by atoms with Gasteiger partial charge in [0.2, 0.25) is 0 Å². The predicted molar refractivity (Wildman–Crippen MR) is 83.9 cm³/mol. The van der Waals surface area contributed by atoms with Crippen molar-refractivity contribution in [2.75, 3.05) is 18.8 Å². The normalized spacial score (nSPS) is 32.0. The average Bonchev–Trinajstić information content (AvgIpc) is 2.97. The van der Waals surface area contributed by atoms with Crippen LogP contribution < -0.4 is 5.73 Å².